The topological polar surface area (TPSA) is 32.5 Å². The summed E-state index contributed by atoms with van der Waals surface area (Å²) in [5, 5.41) is 0. The third-order valence-electron chi connectivity index (χ3n) is 3.97. The third kappa shape index (κ3) is 2.71. The number of nitrogens with two attached hydrogens (primary N) is 1. The Balaban J connectivity index is 1.79. The molecule has 3 heteroatoms. The molecule has 2 aliphatic heterocycles. The van der Waals surface area contributed by atoms with E-state index in [9.17, 15) is 0 Å². The Morgan fingerprint density at radius 2 is 2.13 bits per heavy atom. The van der Waals surface area contributed by atoms with Gasteiger partial charge in [0, 0.05) is 25.2 Å². The molecule has 0 saturated carbocycles. The van der Waals surface area contributed by atoms with Gasteiger partial charge in [-0.2, -0.15) is 0 Å². The third-order valence-corrected chi connectivity index (χ3v) is 3.97. The van der Waals surface area contributed by atoms with Gasteiger partial charge in [-0.05, 0) is 52.2 Å². The van der Waals surface area contributed by atoms with Gasteiger partial charge in [-0.1, -0.05) is 0 Å². The predicted octanol–water partition coefficient (Wildman–Crippen LogP) is 0.894. The maximum absolute atomic E-state index is 5.54. The molecule has 2 fully saturated rings. The summed E-state index contributed by atoms with van der Waals surface area (Å²) in [6.45, 7) is 8.39. The molecule has 0 aromatic rings. The van der Waals surface area contributed by atoms with Gasteiger partial charge in [0.25, 0.3) is 0 Å². The fraction of sp³-hybridized carbons (Fsp3) is 1.00. The van der Waals surface area contributed by atoms with Crippen molar-refractivity contribution < 1.29 is 0 Å². The van der Waals surface area contributed by atoms with E-state index in [0.29, 0.717) is 0 Å². The van der Waals surface area contributed by atoms with Crippen molar-refractivity contribution in [1.82, 2.24) is 9.80 Å². The van der Waals surface area contributed by atoms with Crippen LogP contribution in [0, 0.1) is 0 Å². The number of unbranched alkanes of at least 4 members (excludes halogenated alkanes) is 1. The van der Waals surface area contributed by atoms with E-state index < -0.39 is 0 Å². The summed E-state index contributed by atoms with van der Waals surface area (Å²) in [6, 6.07) is 1.61. The van der Waals surface area contributed by atoms with Crippen LogP contribution in [0.3, 0.4) is 0 Å². The van der Waals surface area contributed by atoms with Crippen molar-refractivity contribution in [3.8, 4) is 0 Å². The number of piperazine rings is 1. The number of hydrogen-bond donors (Lipinski definition) is 1. The van der Waals surface area contributed by atoms with Crippen molar-refractivity contribution in [2.45, 2.75) is 44.7 Å². The van der Waals surface area contributed by atoms with E-state index in [1.54, 1.807) is 0 Å². The van der Waals surface area contributed by atoms with E-state index in [-0.39, 0.29) is 0 Å². The zero-order chi connectivity index (χ0) is 10.7. The Kier molecular flexibility index (Phi) is 4.00. The molecule has 2 atom stereocenters. The van der Waals surface area contributed by atoms with Crippen LogP contribution in [0.15, 0.2) is 0 Å². The second-order valence-electron chi connectivity index (χ2n) is 5.13. The van der Waals surface area contributed by atoms with Gasteiger partial charge in [-0.15, -0.1) is 0 Å². The smallest absolute Gasteiger partial charge is 0.0224 e. The van der Waals surface area contributed by atoms with E-state index in [1.165, 1.54) is 51.9 Å². The van der Waals surface area contributed by atoms with Crippen LogP contribution in [-0.4, -0.2) is 54.6 Å². The van der Waals surface area contributed by atoms with E-state index >= 15 is 0 Å². The SMILES string of the molecule is CC1CN2CCCC2CN1CCCCN. The zero-order valence-electron chi connectivity index (χ0n) is 9.99. The first kappa shape index (κ1) is 11.4. The minimum atomic E-state index is 0.747. The molecular weight excluding hydrogens is 186 g/mol. The molecule has 2 aliphatic rings. The van der Waals surface area contributed by atoms with E-state index in [2.05, 4.69) is 16.7 Å². The monoisotopic (exact) mass is 211 g/mol. The van der Waals surface area contributed by atoms with Crippen LogP contribution < -0.4 is 5.73 Å². The van der Waals surface area contributed by atoms with Crippen molar-refractivity contribution in [3.63, 3.8) is 0 Å². The standard InChI is InChI=1S/C12H25N3/c1-11-9-15-8-4-5-12(15)10-14(11)7-3-2-6-13/h11-12H,2-10,13H2,1H3. The molecule has 0 bridgehead atoms. The second kappa shape index (κ2) is 5.28. The van der Waals surface area contributed by atoms with Gasteiger partial charge in [0.2, 0.25) is 0 Å². The molecule has 0 aliphatic carbocycles. The Labute approximate surface area is 93.6 Å². The largest absolute Gasteiger partial charge is 0.330 e. The van der Waals surface area contributed by atoms with Crippen molar-refractivity contribution in [1.29, 1.82) is 0 Å². The van der Waals surface area contributed by atoms with E-state index in [0.717, 1.165) is 18.6 Å². The number of fused-ring (bicyclic) bond motifs is 1. The number of rotatable bonds is 4. The van der Waals surface area contributed by atoms with Crippen LogP contribution >= 0.6 is 0 Å². The summed E-state index contributed by atoms with van der Waals surface area (Å²) in [5.41, 5.74) is 5.54. The lowest BCUT2D eigenvalue weighted by atomic mass is 10.1. The first-order chi connectivity index (χ1) is 7.31. The van der Waals surface area contributed by atoms with Crippen LogP contribution in [0.4, 0.5) is 0 Å². The van der Waals surface area contributed by atoms with Crippen molar-refractivity contribution in [3.05, 3.63) is 0 Å². The van der Waals surface area contributed by atoms with Crippen LogP contribution in [0.2, 0.25) is 0 Å². The highest BCUT2D eigenvalue weighted by atomic mass is 15.3. The lowest BCUT2D eigenvalue weighted by Crippen LogP contribution is -2.55. The lowest BCUT2D eigenvalue weighted by Gasteiger charge is -2.42. The van der Waals surface area contributed by atoms with Crippen LogP contribution in [0.5, 0.6) is 0 Å². The minimum absolute atomic E-state index is 0.747. The molecule has 15 heavy (non-hydrogen) atoms. The molecule has 2 heterocycles. The highest BCUT2D eigenvalue weighted by Crippen LogP contribution is 2.24. The molecule has 3 nitrogen and oxygen atoms in total. The highest BCUT2D eigenvalue weighted by Gasteiger charge is 2.33. The molecular formula is C12H25N3. The average Bonchev–Trinajstić information content (AvgIpc) is 2.65. The predicted molar refractivity (Wildman–Crippen MR) is 63.9 cm³/mol. The van der Waals surface area contributed by atoms with Gasteiger partial charge in [0.05, 0.1) is 0 Å². The Hall–Kier alpha value is -0.120. The van der Waals surface area contributed by atoms with Gasteiger partial charge < -0.3 is 5.73 Å². The molecule has 2 saturated heterocycles. The van der Waals surface area contributed by atoms with Crippen molar-refractivity contribution >= 4 is 0 Å². The summed E-state index contributed by atoms with van der Waals surface area (Å²) < 4.78 is 0. The summed E-state index contributed by atoms with van der Waals surface area (Å²) in [4.78, 5) is 5.35. The van der Waals surface area contributed by atoms with Gasteiger partial charge in [0.15, 0.2) is 0 Å². The minimum Gasteiger partial charge on any atom is -0.330 e. The summed E-state index contributed by atoms with van der Waals surface area (Å²) in [6.07, 6.45) is 5.28. The quantitative estimate of drug-likeness (QED) is 0.701. The molecule has 0 aromatic heterocycles. The summed E-state index contributed by atoms with van der Waals surface area (Å²) >= 11 is 0. The molecule has 88 valence electrons. The molecule has 0 aromatic carbocycles. The molecule has 0 amide bonds. The average molecular weight is 211 g/mol. The van der Waals surface area contributed by atoms with Gasteiger partial charge in [-0.25, -0.2) is 0 Å². The highest BCUT2D eigenvalue weighted by molar-refractivity contribution is 4.90. The van der Waals surface area contributed by atoms with Crippen molar-refractivity contribution in [2.75, 3.05) is 32.7 Å². The van der Waals surface area contributed by atoms with Crippen LogP contribution in [0.1, 0.15) is 32.6 Å². The Morgan fingerprint density at radius 1 is 1.27 bits per heavy atom. The maximum atomic E-state index is 5.54. The summed E-state index contributed by atoms with van der Waals surface area (Å²) in [7, 11) is 0. The Bertz CT molecular complexity index is 195. The number of nitrogens with zero attached hydrogens (tertiary/aromatic N) is 2. The van der Waals surface area contributed by atoms with E-state index in [4.69, 9.17) is 5.73 Å². The van der Waals surface area contributed by atoms with Crippen LogP contribution in [0.25, 0.3) is 0 Å². The maximum Gasteiger partial charge on any atom is 0.0224 e. The van der Waals surface area contributed by atoms with Crippen LogP contribution in [-0.2, 0) is 0 Å². The Morgan fingerprint density at radius 3 is 2.93 bits per heavy atom. The van der Waals surface area contributed by atoms with Gasteiger partial charge in [0.1, 0.15) is 0 Å². The molecule has 2 unspecified atom stereocenters. The van der Waals surface area contributed by atoms with Crippen molar-refractivity contribution in [2.24, 2.45) is 5.73 Å². The van der Waals surface area contributed by atoms with E-state index in [1.807, 2.05) is 0 Å². The first-order valence-electron chi connectivity index (χ1n) is 6.49. The lowest BCUT2D eigenvalue weighted by molar-refractivity contribution is 0.0586. The fourth-order valence-electron chi connectivity index (χ4n) is 3.02. The van der Waals surface area contributed by atoms with Gasteiger partial charge >= 0.3 is 0 Å². The zero-order valence-corrected chi connectivity index (χ0v) is 9.99. The fourth-order valence-corrected chi connectivity index (χ4v) is 3.02. The molecule has 2 rings (SSSR count). The second-order valence-corrected chi connectivity index (χ2v) is 5.13. The molecule has 0 radical (unpaired) electrons. The number of hydrogen-bond acceptors (Lipinski definition) is 3. The first-order valence-corrected chi connectivity index (χ1v) is 6.49. The normalized spacial score (nSPS) is 33.2. The summed E-state index contributed by atoms with van der Waals surface area (Å²) in [5.74, 6) is 0. The van der Waals surface area contributed by atoms with Gasteiger partial charge in [-0.3, -0.25) is 9.80 Å². The molecule has 2 N–H and O–H groups in total. The molecule has 0 spiro atoms.